The highest BCUT2D eigenvalue weighted by molar-refractivity contribution is 9.10. The molecule has 0 aliphatic carbocycles. The molecule has 0 aliphatic rings. The summed E-state index contributed by atoms with van der Waals surface area (Å²) in [5.74, 6) is 0.794. The molecule has 1 aromatic heterocycles. The Balaban J connectivity index is 1.96. The minimum atomic E-state index is -0.0684. The molecule has 128 valence electrons. The topological polar surface area (TPSA) is 44.1 Å². The number of hydrogen-bond acceptors (Lipinski definition) is 3. The Hall–Kier alpha value is -1.88. The Morgan fingerprint density at radius 3 is 2.67 bits per heavy atom. The highest BCUT2D eigenvalue weighted by Gasteiger charge is 2.13. The van der Waals surface area contributed by atoms with Crippen molar-refractivity contribution >= 4 is 27.8 Å². The van der Waals surface area contributed by atoms with Gasteiger partial charge in [-0.25, -0.2) is 0 Å². The molecule has 0 radical (unpaired) electrons. The fourth-order valence-electron chi connectivity index (χ4n) is 2.32. The summed E-state index contributed by atoms with van der Waals surface area (Å²) in [7, 11) is 0. The summed E-state index contributed by atoms with van der Waals surface area (Å²) in [6, 6.07) is 7.76. The van der Waals surface area contributed by atoms with Crippen molar-refractivity contribution in [3.05, 3.63) is 52.3 Å². The largest absolute Gasteiger partial charge is 0.494 e. The Morgan fingerprint density at radius 1 is 1.25 bits per heavy atom. The third-order valence-corrected chi connectivity index (χ3v) is 4.23. The SMILES string of the molecule is CCCCCOc1ccc(/C=C/C(=O)c2c(Br)cnn2CC)cc1. The molecule has 1 aromatic carbocycles. The summed E-state index contributed by atoms with van der Waals surface area (Å²) in [6.07, 6.45) is 8.48. The van der Waals surface area contributed by atoms with Gasteiger partial charge in [0, 0.05) is 6.54 Å². The predicted octanol–water partition coefficient (Wildman–Crippen LogP) is 5.13. The second-order valence-electron chi connectivity index (χ2n) is 5.48. The summed E-state index contributed by atoms with van der Waals surface area (Å²) in [4.78, 5) is 12.3. The Bertz CT molecular complexity index is 690. The van der Waals surface area contributed by atoms with E-state index in [4.69, 9.17) is 4.74 Å². The van der Waals surface area contributed by atoms with Gasteiger partial charge in [0.1, 0.15) is 11.4 Å². The maximum absolute atomic E-state index is 12.3. The zero-order chi connectivity index (χ0) is 17.4. The zero-order valence-electron chi connectivity index (χ0n) is 14.2. The van der Waals surface area contributed by atoms with Crippen LogP contribution in [-0.4, -0.2) is 22.2 Å². The number of nitrogens with zero attached hydrogens (tertiary/aromatic N) is 2. The third-order valence-electron chi connectivity index (χ3n) is 3.65. The lowest BCUT2D eigenvalue weighted by Gasteiger charge is -2.05. The molecule has 0 aliphatic heterocycles. The van der Waals surface area contributed by atoms with Gasteiger partial charge in [0.05, 0.1) is 17.3 Å². The van der Waals surface area contributed by atoms with E-state index in [1.165, 1.54) is 12.8 Å². The minimum absolute atomic E-state index is 0.0684. The van der Waals surface area contributed by atoms with Gasteiger partial charge in [0.15, 0.2) is 0 Å². The molecule has 0 unspecified atom stereocenters. The van der Waals surface area contributed by atoms with E-state index in [1.54, 1.807) is 17.0 Å². The van der Waals surface area contributed by atoms with E-state index < -0.39 is 0 Å². The molecule has 5 heteroatoms. The number of aryl methyl sites for hydroxylation is 1. The number of allylic oxidation sites excluding steroid dienone is 1. The van der Waals surface area contributed by atoms with E-state index in [-0.39, 0.29) is 5.78 Å². The summed E-state index contributed by atoms with van der Waals surface area (Å²) < 4.78 is 8.09. The van der Waals surface area contributed by atoms with E-state index in [0.29, 0.717) is 12.2 Å². The van der Waals surface area contributed by atoms with Crippen molar-refractivity contribution in [2.45, 2.75) is 39.7 Å². The molecule has 0 spiro atoms. The first-order valence-corrected chi connectivity index (χ1v) is 9.11. The Labute approximate surface area is 151 Å². The van der Waals surface area contributed by atoms with Gasteiger partial charge in [-0.05, 0) is 53.0 Å². The summed E-state index contributed by atoms with van der Waals surface area (Å²) in [5, 5.41) is 4.16. The van der Waals surface area contributed by atoms with Gasteiger partial charge in [0.25, 0.3) is 0 Å². The molecular weight excluding hydrogens is 368 g/mol. The average Bonchev–Trinajstić information content (AvgIpc) is 2.98. The molecule has 0 fully saturated rings. The van der Waals surface area contributed by atoms with Gasteiger partial charge < -0.3 is 4.74 Å². The first kappa shape index (κ1) is 18.5. The van der Waals surface area contributed by atoms with Gasteiger partial charge in [-0.3, -0.25) is 9.48 Å². The molecule has 4 nitrogen and oxygen atoms in total. The van der Waals surface area contributed by atoms with E-state index in [0.717, 1.165) is 28.8 Å². The predicted molar refractivity (Wildman–Crippen MR) is 100 cm³/mol. The number of unbranched alkanes of at least 4 members (excludes halogenated alkanes) is 2. The molecule has 2 rings (SSSR count). The number of aromatic nitrogens is 2. The van der Waals surface area contributed by atoms with Crippen LogP contribution in [0.5, 0.6) is 5.75 Å². The fraction of sp³-hybridized carbons (Fsp3) is 0.368. The van der Waals surface area contributed by atoms with Crippen LogP contribution in [0.2, 0.25) is 0 Å². The van der Waals surface area contributed by atoms with Crippen molar-refractivity contribution in [1.29, 1.82) is 0 Å². The standard InChI is InChI=1S/C19H23BrN2O2/c1-3-5-6-13-24-16-10-7-15(8-11-16)9-12-18(23)19-17(20)14-21-22(19)4-2/h7-12,14H,3-6,13H2,1-2H3/b12-9+. The lowest BCUT2D eigenvalue weighted by Crippen LogP contribution is -2.07. The first-order chi connectivity index (χ1) is 11.7. The van der Waals surface area contributed by atoms with Crippen LogP contribution in [0.15, 0.2) is 41.0 Å². The quantitative estimate of drug-likeness (QED) is 0.338. The smallest absolute Gasteiger partial charge is 0.205 e. The number of carbonyl (C=O) groups is 1. The number of ether oxygens (including phenoxy) is 1. The van der Waals surface area contributed by atoms with Crippen LogP contribution < -0.4 is 4.74 Å². The Kier molecular flexibility index (Phi) is 7.25. The molecule has 0 N–H and O–H groups in total. The normalized spacial score (nSPS) is 11.1. The summed E-state index contributed by atoms with van der Waals surface area (Å²) in [6.45, 7) is 5.54. The van der Waals surface area contributed by atoms with E-state index in [9.17, 15) is 4.79 Å². The molecule has 0 bridgehead atoms. The minimum Gasteiger partial charge on any atom is -0.494 e. The summed E-state index contributed by atoms with van der Waals surface area (Å²) in [5.41, 5.74) is 1.53. The molecule has 1 heterocycles. The van der Waals surface area contributed by atoms with Gasteiger partial charge in [-0.15, -0.1) is 0 Å². The van der Waals surface area contributed by atoms with Crippen LogP contribution in [0.4, 0.5) is 0 Å². The fourth-order valence-corrected chi connectivity index (χ4v) is 2.81. The highest BCUT2D eigenvalue weighted by atomic mass is 79.9. The van der Waals surface area contributed by atoms with Crippen LogP contribution in [0.1, 0.15) is 49.2 Å². The van der Waals surface area contributed by atoms with Crippen LogP contribution in [0.25, 0.3) is 6.08 Å². The molecule has 0 saturated carbocycles. The van der Waals surface area contributed by atoms with Crippen molar-refractivity contribution in [2.75, 3.05) is 6.61 Å². The number of halogens is 1. The van der Waals surface area contributed by atoms with E-state index in [2.05, 4.69) is 28.0 Å². The van der Waals surface area contributed by atoms with Crippen molar-refractivity contribution in [3.8, 4) is 5.75 Å². The van der Waals surface area contributed by atoms with Crippen molar-refractivity contribution in [1.82, 2.24) is 9.78 Å². The number of carbonyl (C=O) groups excluding carboxylic acids is 1. The molecule has 2 aromatic rings. The molecule has 24 heavy (non-hydrogen) atoms. The summed E-state index contributed by atoms with van der Waals surface area (Å²) >= 11 is 3.37. The van der Waals surface area contributed by atoms with E-state index >= 15 is 0 Å². The monoisotopic (exact) mass is 390 g/mol. The number of hydrogen-bond donors (Lipinski definition) is 0. The number of ketones is 1. The lowest BCUT2D eigenvalue weighted by molar-refractivity contribution is 0.103. The van der Waals surface area contributed by atoms with E-state index in [1.807, 2.05) is 37.3 Å². The molecular formula is C19H23BrN2O2. The van der Waals surface area contributed by atoms with Gasteiger partial charge in [0.2, 0.25) is 5.78 Å². The number of rotatable bonds is 9. The zero-order valence-corrected chi connectivity index (χ0v) is 15.8. The second-order valence-corrected chi connectivity index (χ2v) is 6.33. The number of benzene rings is 1. The highest BCUT2D eigenvalue weighted by Crippen LogP contribution is 2.18. The Morgan fingerprint density at radius 2 is 2.00 bits per heavy atom. The van der Waals surface area contributed by atoms with Crippen molar-refractivity contribution < 1.29 is 9.53 Å². The molecule has 0 atom stereocenters. The maximum atomic E-state index is 12.3. The maximum Gasteiger partial charge on any atom is 0.205 e. The average molecular weight is 391 g/mol. The lowest BCUT2D eigenvalue weighted by atomic mass is 10.1. The van der Waals surface area contributed by atoms with Crippen LogP contribution in [0.3, 0.4) is 0 Å². The van der Waals surface area contributed by atoms with Crippen LogP contribution in [-0.2, 0) is 6.54 Å². The van der Waals surface area contributed by atoms with Crippen LogP contribution >= 0.6 is 15.9 Å². The van der Waals surface area contributed by atoms with Gasteiger partial charge in [-0.1, -0.05) is 38.0 Å². The first-order valence-electron chi connectivity index (χ1n) is 8.32. The third kappa shape index (κ3) is 5.06. The van der Waals surface area contributed by atoms with Crippen LogP contribution in [0, 0.1) is 0 Å². The van der Waals surface area contributed by atoms with Gasteiger partial charge >= 0.3 is 0 Å². The molecule has 0 saturated heterocycles. The molecule has 0 amide bonds. The van der Waals surface area contributed by atoms with Gasteiger partial charge in [-0.2, -0.15) is 5.10 Å². The second kappa shape index (κ2) is 9.42. The van der Waals surface area contributed by atoms with Crippen molar-refractivity contribution in [2.24, 2.45) is 0 Å². The van der Waals surface area contributed by atoms with Crippen molar-refractivity contribution in [3.63, 3.8) is 0 Å².